The Bertz CT molecular complexity index is 674. The van der Waals surface area contributed by atoms with Gasteiger partial charge in [-0.15, -0.1) is 0 Å². The number of aromatic carboxylic acids is 1. The summed E-state index contributed by atoms with van der Waals surface area (Å²) in [6, 6.07) is 5.90. The topological polar surface area (TPSA) is 92.3 Å². The molecule has 0 bridgehead atoms. The molecule has 0 radical (unpaired) electrons. The van der Waals surface area contributed by atoms with E-state index < -0.39 is 5.97 Å². The van der Waals surface area contributed by atoms with Crippen LogP contribution in [-0.2, 0) is 0 Å². The fraction of sp³-hybridized carbons (Fsp3) is 0.154. The molecule has 2 N–H and O–H groups in total. The summed E-state index contributed by atoms with van der Waals surface area (Å²) < 4.78 is 5.37. The van der Waals surface area contributed by atoms with Crippen molar-refractivity contribution in [3.8, 4) is 11.8 Å². The summed E-state index contributed by atoms with van der Waals surface area (Å²) in [5.41, 5.74) is 1.02. The molecule has 1 aromatic heterocycles. The van der Waals surface area contributed by atoms with E-state index in [9.17, 15) is 9.59 Å². The number of aryl methyl sites for hydroxylation is 1. The van der Waals surface area contributed by atoms with Gasteiger partial charge in [0.2, 0.25) is 0 Å². The highest BCUT2D eigenvalue weighted by molar-refractivity contribution is 5.87. The fourth-order valence-electron chi connectivity index (χ4n) is 1.44. The molecule has 98 valence electrons. The zero-order chi connectivity index (χ0) is 14.0. The van der Waals surface area contributed by atoms with Crippen molar-refractivity contribution in [3.63, 3.8) is 0 Å². The Labute approximate surface area is 108 Å². The van der Waals surface area contributed by atoms with Crippen LogP contribution in [0.5, 0.6) is 11.8 Å². The number of benzene rings is 1. The highest BCUT2D eigenvalue weighted by Crippen LogP contribution is 2.18. The number of rotatable bonds is 3. The third-order valence-corrected chi connectivity index (χ3v) is 2.69. The third kappa shape index (κ3) is 2.79. The predicted molar refractivity (Wildman–Crippen MR) is 67.8 cm³/mol. The standard InChI is InChI=1S/C13H12N2O4/c1-7-8(2)14-13(15-11(7)16)19-10-5-3-9(4-6-10)12(17)18/h3-6H,1-2H3,(H,17,18)(H,14,15,16). The number of H-pyrrole nitrogens is 1. The van der Waals surface area contributed by atoms with Gasteiger partial charge in [-0.3, -0.25) is 9.78 Å². The van der Waals surface area contributed by atoms with E-state index in [0.717, 1.165) is 0 Å². The highest BCUT2D eigenvalue weighted by Gasteiger charge is 2.07. The molecule has 2 rings (SSSR count). The SMILES string of the molecule is Cc1nc(Oc2ccc(C(=O)O)cc2)[nH]c(=O)c1C. The van der Waals surface area contributed by atoms with Gasteiger partial charge in [0.15, 0.2) is 0 Å². The van der Waals surface area contributed by atoms with Crippen LogP contribution in [0.25, 0.3) is 0 Å². The molecular weight excluding hydrogens is 248 g/mol. The molecule has 0 aliphatic carbocycles. The first-order valence-electron chi connectivity index (χ1n) is 5.56. The van der Waals surface area contributed by atoms with Gasteiger partial charge in [0, 0.05) is 5.56 Å². The normalized spacial score (nSPS) is 10.2. The summed E-state index contributed by atoms with van der Waals surface area (Å²) in [6.45, 7) is 3.39. The van der Waals surface area contributed by atoms with Gasteiger partial charge in [0.25, 0.3) is 5.56 Å². The summed E-state index contributed by atoms with van der Waals surface area (Å²) in [5.74, 6) is -0.610. The maximum Gasteiger partial charge on any atom is 0.335 e. The fourth-order valence-corrected chi connectivity index (χ4v) is 1.44. The first-order chi connectivity index (χ1) is 8.97. The Morgan fingerprint density at radius 2 is 1.89 bits per heavy atom. The molecule has 0 amide bonds. The van der Waals surface area contributed by atoms with Gasteiger partial charge in [0.05, 0.1) is 11.3 Å². The van der Waals surface area contributed by atoms with E-state index in [1.54, 1.807) is 13.8 Å². The summed E-state index contributed by atoms with van der Waals surface area (Å²) in [6.07, 6.45) is 0. The number of aromatic nitrogens is 2. The average Bonchev–Trinajstić information content (AvgIpc) is 2.36. The molecule has 0 saturated heterocycles. The van der Waals surface area contributed by atoms with Gasteiger partial charge >= 0.3 is 12.0 Å². The van der Waals surface area contributed by atoms with Crippen molar-refractivity contribution in [2.75, 3.05) is 0 Å². The van der Waals surface area contributed by atoms with Crippen molar-refractivity contribution in [2.45, 2.75) is 13.8 Å². The number of aromatic amines is 1. The quantitative estimate of drug-likeness (QED) is 0.878. The molecule has 0 unspecified atom stereocenters. The second-order valence-electron chi connectivity index (χ2n) is 4.01. The van der Waals surface area contributed by atoms with Gasteiger partial charge < -0.3 is 9.84 Å². The lowest BCUT2D eigenvalue weighted by atomic mass is 10.2. The van der Waals surface area contributed by atoms with Gasteiger partial charge in [0.1, 0.15) is 5.75 Å². The molecule has 0 aliphatic rings. The van der Waals surface area contributed by atoms with E-state index in [1.807, 2.05) is 0 Å². The molecule has 0 spiro atoms. The van der Waals surface area contributed by atoms with Crippen LogP contribution in [-0.4, -0.2) is 21.0 Å². The van der Waals surface area contributed by atoms with Gasteiger partial charge in [-0.05, 0) is 38.1 Å². The van der Waals surface area contributed by atoms with Crippen LogP contribution in [0, 0.1) is 13.8 Å². The molecule has 6 nitrogen and oxygen atoms in total. The van der Waals surface area contributed by atoms with Crippen molar-refractivity contribution in [2.24, 2.45) is 0 Å². The van der Waals surface area contributed by atoms with Crippen LogP contribution in [0.3, 0.4) is 0 Å². The maximum atomic E-state index is 11.5. The van der Waals surface area contributed by atoms with Gasteiger partial charge in [-0.25, -0.2) is 9.78 Å². The molecule has 0 fully saturated rings. The lowest BCUT2D eigenvalue weighted by Gasteiger charge is -2.06. The van der Waals surface area contributed by atoms with Crippen LogP contribution < -0.4 is 10.3 Å². The van der Waals surface area contributed by atoms with E-state index in [-0.39, 0.29) is 17.1 Å². The summed E-state index contributed by atoms with van der Waals surface area (Å²) in [4.78, 5) is 28.8. The first kappa shape index (κ1) is 12.8. The van der Waals surface area contributed by atoms with Crippen LogP contribution in [0.4, 0.5) is 0 Å². The number of nitrogens with zero attached hydrogens (tertiary/aromatic N) is 1. The zero-order valence-electron chi connectivity index (χ0n) is 10.4. The lowest BCUT2D eigenvalue weighted by Crippen LogP contribution is -2.14. The Morgan fingerprint density at radius 1 is 1.26 bits per heavy atom. The molecule has 0 atom stereocenters. The van der Waals surface area contributed by atoms with Crippen LogP contribution in [0.1, 0.15) is 21.6 Å². The van der Waals surface area contributed by atoms with Crippen LogP contribution in [0.2, 0.25) is 0 Å². The van der Waals surface area contributed by atoms with Crippen molar-refractivity contribution in [3.05, 3.63) is 51.4 Å². The van der Waals surface area contributed by atoms with Crippen LogP contribution in [0.15, 0.2) is 29.1 Å². The highest BCUT2D eigenvalue weighted by atomic mass is 16.5. The predicted octanol–water partition coefficient (Wildman–Crippen LogP) is 1.88. The number of hydrogen-bond donors (Lipinski definition) is 2. The van der Waals surface area contributed by atoms with E-state index in [0.29, 0.717) is 17.0 Å². The van der Waals surface area contributed by atoms with Crippen molar-refractivity contribution < 1.29 is 14.6 Å². The second kappa shape index (κ2) is 4.93. The molecule has 1 aromatic carbocycles. The molecule has 1 heterocycles. The third-order valence-electron chi connectivity index (χ3n) is 2.69. The lowest BCUT2D eigenvalue weighted by molar-refractivity contribution is 0.0697. The minimum absolute atomic E-state index is 0.0798. The zero-order valence-corrected chi connectivity index (χ0v) is 10.4. The van der Waals surface area contributed by atoms with Crippen molar-refractivity contribution in [1.29, 1.82) is 0 Å². The first-order valence-corrected chi connectivity index (χ1v) is 5.56. The van der Waals surface area contributed by atoms with Gasteiger partial charge in [-0.2, -0.15) is 0 Å². The van der Waals surface area contributed by atoms with E-state index >= 15 is 0 Å². The summed E-state index contributed by atoms with van der Waals surface area (Å²) >= 11 is 0. The molecule has 19 heavy (non-hydrogen) atoms. The molecule has 6 heteroatoms. The molecule has 0 saturated carbocycles. The number of carboxylic acids is 1. The molecular formula is C13H12N2O4. The average molecular weight is 260 g/mol. The van der Waals surface area contributed by atoms with E-state index in [1.165, 1.54) is 24.3 Å². The molecule has 0 aliphatic heterocycles. The summed E-state index contributed by atoms with van der Waals surface area (Å²) in [7, 11) is 0. The Hall–Kier alpha value is -2.63. The Morgan fingerprint density at radius 3 is 2.42 bits per heavy atom. The summed E-state index contributed by atoms with van der Waals surface area (Å²) in [5, 5.41) is 8.77. The minimum atomic E-state index is -1.01. The second-order valence-corrected chi connectivity index (χ2v) is 4.01. The van der Waals surface area contributed by atoms with Crippen molar-refractivity contribution >= 4 is 5.97 Å². The minimum Gasteiger partial charge on any atom is -0.478 e. The van der Waals surface area contributed by atoms with Gasteiger partial charge in [-0.1, -0.05) is 0 Å². The Balaban J connectivity index is 2.26. The maximum absolute atomic E-state index is 11.5. The van der Waals surface area contributed by atoms with Crippen LogP contribution >= 0.6 is 0 Å². The number of nitrogens with one attached hydrogen (secondary N) is 1. The number of ether oxygens (including phenoxy) is 1. The monoisotopic (exact) mass is 260 g/mol. The Kier molecular flexibility index (Phi) is 3.33. The smallest absolute Gasteiger partial charge is 0.335 e. The largest absolute Gasteiger partial charge is 0.478 e. The number of hydrogen-bond acceptors (Lipinski definition) is 4. The van der Waals surface area contributed by atoms with Crippen molar-refractivity contribution in [1.82, 2.24) is 9.97 Å². The number of carbonyl (C=O) groups is 1. The van der Waals surface area contributed by atoms with E-state index in [2.05, 4.69) is 9.97 Å². The molecule has 2 aromatic rings. The van der Waals surface area contributed by atoms with E-state index in [4.69, 9.17) is 9.84 Å². The number of carboxylic acid groups (broad SMARTS) is 1.